The third-order valence-corrected chi connectivity index (χ3v) is 4.97. The van der Waals surface area contributed by atoms with Crippen molar-refractivity contribution >= 4 is 5.91 Å². The third-order valence-electron chi connectivity index (χ3n) is 4.97. The summed E-state index contributed by atoms with van der Waals surface area (Å²) in [5, 5.41) is 0. The lowest BCUT2D eigenvalue weighted by Gasteiger charge is -2.13. The van der Waals surface area contributed by atoms with Crippen LogP contribution in [0.15, 0.2) is 39.5 Å². The van der Waals surface area contributed by atoms with E-state index in [4.69, 9.17) is 4.42 Å². The summed E-state index contributed by atoms with van der Waals surface area (Å²) in [5.41, 5.74) is 2.68. The predicted molar refractivity (Wildman–Crippen MR) is 98.8 cm³/mol. The molecular formula is C20H20N4O3. The highest BCUT2D eigenvalue weighted by atomic mass is 16.4. The average Bonchev–Trinajstić information content (AvgIpc) is 3.25. The van der Waals surface area contributed by atoms with Gasteiger partial charge in [-0.05, 0) is 26.0 Å². The van der Waals surface area contributed by atoms with Crippen LogP contribution in [0.5, 0.6) is 0 Å². The van der Waals surface area contributed by atoms with E-state index in [2.05, 4.69) is 9.97 Å². The van der Waals surface area contributed by atoms with Crippen molar-refractivity contribution in [2.45, 2.75) is 33.4 Å². The summed E-state index contributed by atoms with van der Waals surface area (Å²) in [6.45, 7) is 4.24. The highest BCUT2D eigenvalue weighted by Crippen LogP contribution is 2.23. The Kier molecular flexibility index (Phi) is 4.14. The second kappa shape index (κ2) is 6.50. The quantitative estimate of drug-likeness (QED) is 0.711. The molecule has 7 nitrogen and oxygen atoms in total. The Bertz CT molecular complexity index is 1080. The van der Waals surface area contributed by atoms with Crippen LogP contribution in [0, 0.1) is 13.8 Å². The van der Waals surface area contributed by atoms with Gasteiger partial charge in [-0.25, -0.2) is 9.97 Å². The number of rotatable bonds is 3. The number of nitrogens with zero attached hydrogens (tertiary/aromatic N) is 4. The molecule has 0 unspecified atom stereocenters. The molecule has 2 aromatic heterocycles. The van der Waals surface area contributed by atoms with Gasteiger partial charge in [-0.3, -0.25) is 14.2 Å². The van der Waals surface area contributed by atoms with E-state index in [1.165, 1.54) is 4.57 Å². The maximum atomic E-state index is 12.8. The first-order valence-corrected chi connectivity index (χ1v) is 8.79. The van der Waals surface area contributed by atoms with Gasteiger partial charge in [0.05, 0.1) is 36.5 Å². The molecule has 0 N–H and O–H groups in total. The molecule has 1 aromatic carbocycles. The second-order valence-corrected chi connectivity index (χ2v) is 6.76. The Morgan fingerprint density at radius 3 is 2.63 bits per heavy atom. The minimum atomic E-state index is -0.0938. The Morgan fingerprint density at radius 2 is 1.89 bits per heavy atom. The van der Waals surface area contributed by atoms with Crippen LogP contribution < -0.4 is 5.56 Å². The van der Waals surface area contributed by atoms with Crippen LogP contribution in [0.3, 0.4) is 0 Å². The molecule has 0 fully saturated rings. The smallest absolute Gasteiger partial charge is 0.258 e. The summed E-state index contributed by atoms with van der Waals surface area (Å²) in [5.74, 6) is 1.69. The van der Waals surface area contributed by atoms with Crippen molar-refractivity contribution < 1.29 is 9.21 Å². The first kappa shape index (κ1) is 17.2. The Balaban J connectivity index is 1.53. The fourth-order valence-corrected chi connectivity index (χ4v) is 3.26. The molecule has 1 amide bonds. The number of aryl methyl sites for hydroxylation is 2. The molecule has 4 rings (SSSR count). The van der Waals surface area contributed by atoms with Crippen LogP contribution in [0.4, 0.5) is 0 Å². The van der Waals surface area contributed by atoms with E-state index in [9.17, 15) is 9.59 Å². The largest absolute Gasteiger partial charge is 0.441 e. The fourth-order valence-electron chi connectivity index (χ4n) is 3.26. The lowest BCUT2D eigenvalue weighted by Crippen LogP contribution is -2.28. The number of aromatic nitrogens is 3. The van der Waals surface area contributed by atoms with Crippen molar-refractivity contribution in [1.82, 2.24) is 19.4 Å². The molecule has 0 spiro atoms. The molecule has 138 valence electrons. The molecule has 7 heteroatoms. The van der Waals surface area contributed by atoms with Gasteiger partial charge in [-0.2, -0.15) is 0 Å². The van der Waals surface area contributed by atoms with Crippen LogP contribution in [0.25, 0.3) is 11.5 Å². The summed E-state index contributed by atoms with van der Waals surface area (Å²) in [6.07, 6.45) is 0.134. The summed E-state index contributed by atoms with van der Waals surface area (Å²) in [4.78, 5) is 35.7. The van der Waals surface area contributed by atoms with E-state index in [0.29, 0.717) is 41.0 Å². The predicted octanol–water partition coefficient (Wildman–Crippen LogP) is 2.14. The first-order chi connectivity index (χ1) is 12.9. The van der Waals surface area contributed by atoms with E-state index >= 15 is 0 Å². The topological polar surface area (TPSA) is 81.2 Å². The number of hydrogen-bond acceptors (Lipinski definition) is 5. The number of oxazole rings is 1. The van der Waals surface area contributed by atoms with E-state index in [1.807, 2.05) is 30.3 Å². The van der Waals surface area contributed by atoms with E-state index < -0.39 is 0 Å². The summed E-state index contributed by atoms with van der Waals surface area (Å²) in [6, 6.07) is 9.58. The average molecular weight is 364 g/mol. The molecule has 0 radical (unpaired) electrons. The van der Waals surface area contributed by atoms with Gasteiger partial charge in [-0.15, -0.1) is 0 Å². The van der Waals surface area contributed by atoms with Crippen molar-refractivity contribution in [1.29, 1.82) is 0 Å². The Morgan fingerprint density at radius 1 is 1.15 bits per heavy atom. The zero-order chi connectivity index (χ0) is 19.1. The number of fused-ring (bicyclic) bond motifs is 1. The number of amides is 1. The first-order valence-electron chi connectivity index (χ1n) is 8.79. The lowest BCUT2D eigenvalue weighted by atomic mass is 10.2. The maximum Gasteiger partial charge on any atom is 0.258 e. The van der Waals surface area contributed by atoms with E-state index in [1.54, 1.807) is 25.8 Å². The molecule has 0 aliphatic carbocycles. The standard InChI is InChI=1S/C20H20N4O3/c1-12-16(22-19(27-12)14-7-5-4-6-8-14)9-18(25)24-10-15-17(11-24)21-13(2)23(3)20(15)26/h4-8H,9-11H2,1-3H3. The molecule has 27 heavy (non-hydrogen) atoms. The number of hydrogen-bond donors (Lipinski definition) is 0. The number of benzene rings is 1. The minimum absolute atomic E-state index is 0.0863. The summed E-state index contributed by atoms with van der Waals surface area (Å²) in [7, 11) is 1.69. The highest BCUT2D eigenvalue weighted by Gasteiger charge is 2.29. The molecule has 0 saturated heterocycles. The maximum absolute atomic E-state index is 12.8. The molecule has 1 aliphatic rings. The van der Waals surface area contributed by atoms with Gasteiger partial charge in [-0.1, -0.05) is 18.2 Å². The van der Waals surface area contributed by atoms with Crippen LogP contribution in [0.1, 0.15) is 28.5 Å². The van der Waals surface area contributed by atoms with Gasteiger partial charge in [0.25, 0.3) is 5.56 Å². The summed E-state index contributed by atoms with van der Waals surface area (Å²) >= 11 is 0. The molecule has 3 aromatic rings. The van der Waals surface area contributed by atoms with Crippen molar-refractivity contribution in [2.75, 3.05) is 0 Å². The lowest BCUT2D eigenvalue weighted by molar-refractivity contribution is -0.131. The number of carbonyl (C=O) groups is 1. The van der Waals surface area contributed by atoms with Gasteiger partial charge in [0.2, 0.25) is 11.8 Å². The zero-order valence-corrected chi connectivity index (χ0v) is 15.5. The molecule has 0 saturated carbocycles. The molecule has 0 atom stereocenters. The van der Waals surface area contributed by atoms with Crippen molar-refractivity contribution in [3.63, 3.8) is 0 Å². The van der Waals surface area contributed by atoms with Crippen molar-refractivity contribution in [2.24, 2.45) is 7.05 Å². The molecular weight excluding hydrogens is 344 g/mol. The minimum Gasteiger partial charge on any atom is -0.441 e. The molecule has 0 bridgehead atoms. The fraction of sp³-hybridized carbons (Fsp3) is 0.300. The van der Waals surface area contributed by atoms with E-state index in [-0.39, 0.29) is 24.4 Å². The molecule has 1 aliphatic heterocycles. The molecule has 3 heterocycles. The zero-order valence-electron chi connectivity index (χ0n) is 15.5. The summed E-state index contributed by atoms with van der Waals surface area (Å²) < 4.78 is 7.24. The van der Waals surface area contributed by atoms with Gasteiger partial charge in [0.1, 0.15) is 11.6 Å². The van der Waals surface area contributed by atoms with Crippen molar-refractivity contribution in [3.05, 3.63) is 69.2 Å². The van der Waals surface area contributed by atoms with Gasteiger partial charge in [0, 0.05) is 12.6 Å². The van der Waals surface area contributed by atoms with Gasteiger partial charge < -0.3 is 9.32 Å². The van der Waals surface area contributed by atoms with Crippen molar-refractivity contribution in [3.8, 4) is 11.5 Å². The number of carbonyl (C=O) groups excluding carboxylic acids is 1. The van der Waals surface area contributed by atoms with Gasteiger partial charge in [0.15, 0.2) is 0 Å². The Labute approximate surface area is 156 Å². The van der Waals surface area contributed by atoms with Crippen LogP contribution in [-0.2, 0) is 31.4 Å². The third kappa shape index (κ3) is 3.05. The highest BCUT2D eigenvalue weighted by molar-refractivity contribution is 5.79. The SMILES string of the molecule is Cc1oc(-c2ccccc2)nc1CC(=O)N1Cc2nc(C)n(C)c(=O)c2C1. The monoisotopic (exact) mass is 364 g/mol. The van der Waals surface area contributed by atoms with Crippen LogP contribution in [-0.4, -0.2) is 25.3 Å². The van der Waals surface area contributed by atoms with Crippen LogP contribution >= 0.6 is 0 Å². The normalized spacial score (nSPS) is 13.1. The second-order valence-electron chi connectivity index (χ2n) is 6.76. The van der Waals surface area contributed by atoms with Gasteiger partial charge >= 0.3 is 0 Å². The Hall–Kier alpha value is -3.22. The van der Waals surface area contributed by atoms with E-state index in [0.717, 1.165) is 5.56 Å². The van der Waals surface area contributed by atoms with Crippen LogP contribution in [0.2, 0.25) is 0 Å².